The van der Waals surface area contributed by atoms with Gasteiger partial charge < -0.3 is 10.2 Å². The lowest BCUT2D eigenvalue weighted by Crippen LogP contribution is -1.89. The first-order valence-electron chi connectivity index (χ1n) is 4.34. The molecule has 0 atom stereocenters. The zero-order valence-corrected chi connectivity index (χ0v) is 7.66. The quantitative estimate of drug-likeness (QED) is 0.634. The summed E-state index contributed by atoms with van der Waals surface area (Å²) in [5.41, 5.74) is 7.06. The van der Waals surface area contributed by atoms with Crippen molar-refractivity contribution in [3.05, 3.63) is 30.9 Å². The van der Waals surface area contributed by atoms with Crippen LogP contribution < -0.4 is 5.73 Å². The fourth-order valence-electron chi connectivity index (χ4n) is 1.40. The molecule has 3 aromatic rings. The monoisotopic (exact) mass is 201 g/mol. The van der Waals surface area contributed by atoms with Crippen LogP contribution in [-0.2, 0) is 0 Å². The molecule has 74 valence electrons. The third-order valence-corrected chi connectivity index (χ3v) is 2.06. The predicted molar refractivity (Wildman–Crippen MR) is 52.9 cm³/mol. The number of hydrogen-bond donors (Lipinski definition) is 1. The minimum Gasteiger partial charge on any atom is -0.443 e. The first-order chi connectivity index (χ1) is 7.33. The van der Waals surface area contributed by atoms with Crippen molar-refractivity contribution in [2.24, 2.45) is 0 Å². The third kappa shape index (κ3) is 1.23. The van der Waals surface area contributed by atoms with Crippen LogP contribution in [0.1, 0.15) is 0 Å². The van der Waals surface area contributed by atoms with Gasteiger partial charge in [0.25, 0.3) is 0 Å². The van der Waals surface area contributed by atoms with Gasteiger partial charge in [-0.25, -0.2) is 9.50 Å². The number of oxazole rings is 1. The third-order valence-electron chi connectivity index (χ3n) is 2.06. The molecule has 0 radical (unpaired) electrons. The topological polar surface area (TPSA) is 82.2 Å². The van der Waals surface area contributed by atoms with Crippen molar-refractivity contribution in [1.29, 1.82) is 0 Å². The number of nitrogens with two attached hydrogens (primary N) is 1. The fourth-order valence-corrected chi connectivity index (χ4v) is 1.40. The first-order valence-corrected chi connectivity index (χ1v) is 4.34. The van der Waals surface area contributed by atoms with E-state index in [-0.39, 0.29) is 5.95 Å². The van der Waals surface area contributed by atoms with Gasteiger partial charge in [0, 0.05) is 11.8 Å². The van der Waals surface area contributed by atoms with E-state index in [1.807, 2.05) is 12.1 Å². The van der Waals surface area contributed by atoms with Crippen LogP contribution in [0.2, 0.25) is 0 Å². The van der Waals surface area contributed by atoms with Gasteiger partial charge in [0.1, 0.15) is 0 Å². The van der Waals surface area contributed by atoms with E-state index in [0.29, 0.717) is 11.4 Å². The molecule has 6 nitrogen and oxygen atoms in total. The van der Waals surface area contributed by atoms with Gasteiger partial charge in [-0.2, -0.15) is 4.98 Å². The minimum atomic E-state index is 0.254. The van der Waals surface area contributed by atoms with Gasteiger partial charge in [0.2, 0.25) is 5.95 Å². The van der Waals surface area contributed by atoms with Crippen molar-refractivity contribution < 1.29 is 4.42 Å². The molecule has 0 fully saturated rings. The molecule has 0 aliphatic heterocycles. The van der Waals surface area contributed by atoms with E-state index in [2.05, 4.69) is 15.1 Å². The van der Waals surface area contributed by atoms with Crippen LogP contribution in [0.25, 0.3) is 17.0 Å². The minimum absolute atomic E-state index is 0.254. The van der Waals surface area contributed by atoms with E-state index in [9.17, 15) is 0 Å². The Morgan fingerprint density at radius 3 is 3.07 bits per heavy atom. The molecular weight excluding hydrogens is 194 g/mol. The van der Waals surface area contributed by atoms with Crippen LogP contribution in [-0.4, -0.2) is 19.6 Å². The molecule has 2 N–H and O–H groups in total. The lowest BCUT2D eigenvalue weighted by molar-refractivity contribution is 0.571. The highest BCUT2D eigenvalue weighted by Crippen LogP contribution is 2.18. The average Bonchev–Trinajstić information content (AvgIpc) is 2.82. The summed E-state index contributed by atoms with van der Waals surface area (Å²) in [6.07, 6.45) is 4.82. The maximum absolute atomic E-state index is 5.48. The van der Waals surface area contributed by atoms with E-state index >= 15 is 0 Å². The van der Waals surface area contributed by atoms with E-state index in [1.54, 1.807) is 16.9 Å². The Balaban J connectivity index is 2.21. The Morgan fingerprint density at radius 2 is 2.27 bits per heavy atom. The van der Waals surface area contributed by atoms with Gasteiger partial charge >= 0.3 is 0 Å². The van der Waals surface area contributed by atoms with E-state index in [1.165, 1.54) is 6.39 Å². The highest BCUT2D eigenvalue weighted by molar-refractivity contribution is 5.58. The fraction of sp³-hybridized carbons (Fsp3) is 0. The van der Waals surface area contributed by atoms with Crippen molar-refractivity contribution in [2.45, 2.75) is 0 Å². The molecule has 0 amide bonds. The second kappa shape index (κ2) is 2.81. The summed E-state index contributed by atoms with van der Waals surface area (Å²) in [4.78, 5) is 7.87. The zero-order valence-electron chi connectivity index (χ0n) is 7.66. The smallest absolute Gasteiger partial charge is 0.240 e. The summed E-state index contributed by atoms with van der Waals surface area (Å²) in [6, 6.07) is 3.70. The Morgan fingerprint density at radius 1 is 1.33 bits per heavy atom. The summed E-state index contributed by atoms with van der Waals surface area (Å²) in [5.74, 6) is 0.940. The molecule has 0 aliphatic rings. The summed E-state index contributed by atoms with van der Waals surface area (Å²) in [6.45, 7) is 0. The van der Waals surface area contributed by atoms with E-state index in [4.69, 9.17) is 10.2 Å². The second-order valence-corrected chi connectivity index (χ2v) is 3.06. The van der Waals surface area contributed by atoms with Gasteiger partial charge in [0.15, 0.2) is 17.8 Å². The van der Waals surface area contributed by atoms with E-state index < -0.39 is 0 Å². The average molecular weight is 201 g/mol. The molecule has 0 unspecified atom stereocenters. The number of hydrogen-bond acceptors (Lipinski definition) is 5. The highest BCUT2D eigenvalue weighted by atomic mass is 16.3. The van der Waals surface area contributed by atoms with Crippen LogP contribution in [0.3, 0.4) is 0 Å². The predicted octanol–water partition coefficient (Wildman–Crippen LogP) is 0.966. The van der Waals surface area contributed by atoms with Crippen molar-refractivity contribution in [3.8, 4) is 11.3 Å². The Bertz CT molecular complexity index is 598. The van der Waals surface area contributed by atoms with Gasteiger partial charge in [0.05, 0.1) is 6.20 Å². The maximum Gasteiger partial charge on any atom is 0.240 e. The molecule has 0 saturated carbocycles. The standard InChI is InChI=1S/C9H7N5O/c10-9-12-8-2-1-6(4-14(8)13-9)7-3-11-5-15-7/h1-5H,(H2,10,13). The molecule has 0 spiro atoms. The van der Waals surface area contributed by atoms with Crippen LogP contribution in [0.4, 0.5) is 5.95 Å². The summed E-state index contributed by atoms with van der Waals surface area (Å²) in [7, 11) is 0. The SMILES string of the molecule is Nc1nc2ccc(-c3cnco3)cn2n1. The van der Waals surface area contributed by atoms with Crippen LogP contribution >= 0.6 is 0 Å². The van der Waals surface area contributed by atoms with Crippen molar-refractivity contribution in [1.82, 2.24) is 19.6 Å². The highest BCUT2D eigenvalue weighted by Gasteiger charge is 2.04. The molecular formula is C9H7N5O. The van der Waals surface area contributed by atoms with Crippen molar-refractivity contribution in [3.63, 3.8) is 0 Å². The van der Waals surface area contributed by atoms with Gasteiger partial charge in [-0.3, -0.25) is 0 Å². The zero-order chi connectivity index (χ0) is 10.3. The number of aromatic nitrogens is 4. The van der Waals surface area contributed by atoms with Crippen LogP contribution in [0, 0.1) is 0 Å². The number of pyridine rings is 1. The van der Waals surface area contributed by atoms with Crippen LogP contribution in [0.15, 0.2) is 35.3 Å². The number of anilines is 1. The summed E-state index contributed by atoms with van der Waals surface area (Å²) < 4.78 is 6.78. The Labute approximate surface area is 84.4 Å². The molecule has 0 bridgehead atoms. The molecule has 0 aliphatic carbocycles. The lowest BCUT2D eigenvalue weighted by atomic mass is 10.2. The summed E-state index contributed by atoms with van der Waals surface area (Å²) >= 11 is 0. The van der Waals surface area contributed by atoms with Gasteiger partial charge in [-0.15, -0.1) is 5.10 Å². The number of nitrogens with zero attached hydrogens (tertiary/aromatic N) is 4. The molecule has 3 aromatic heterocycles. The van der Waals surface area contributed by atoms with Crippen LogP contribution in [0.5, 0.6) is 0 Å². The Hall–Kier alpha value is -2.37. The molecule has 3 rings (SSSR count). The number of rotatable bonds is 1. The van der Waals surface area contributed by atoms with Gasteiger partial charge in [-0.1, -0.05) is 0 Å². The van der Waals surface area contributed by atoms with Crippen molar-refractivity contribution in [2.75, 3.05) is 5.73 Å². The maximum atomic E-state index is 5.48. The Kier molecular flexibility index (Phi) is 1.49. The number of fused-ring (bicyclic) bond motifs is 1. The molecule has 15 heavy (non-hydrogen) atoms. The largest absolute Gasteiger partial charge is 0.443 e. The normalized spacial score (nSPS) is 10.9. The molecule has 3 heterocycles. The van der Waals surface area contributed by atoms with E-state index in [0.717, 1.165) is 5.56 Å². The molecule has 0 saturated heterocycles. The van der Waals surface area contributed by atoms with Gasteiger partial charge in [-0.05, 0) is 12.1 Å². The lowest BCUT2D eigenvalue weighted by Gasteiger charge is -1.95. The summed E-state index contributed by atoms with van der Waals surface area (Å²) in [5, 5.41) is 4.00. The number of nitrogen functional groups attached to an aromatic ring is 1. The second-order valence-electron chi connectivity index (χ2n) is 3.06. The first kappa shape index (κ1) is 7.98. The molecule has 0 aromatic carbocycles. The van der Waals surface area contributed by atoms with Crippen molar-refractivity contribution >= 4 is 11.6 Å². The molecule has 6 heteroatoms.